The van der Waals surface area contributed by atoms with Gasteiger partial charge in [0, 0.05) is 16.7 Å². The zero-order chi connectivity index (χ0) is 14.0. The Hall–Kier alpha value is -1.10. The molecule has 3 N–H and O–H groups in total. The highest BCUT2D eigenvalue weighted by molar-refractivity contribution is 9.10. The Morgan fingerprint density at radius 2 is 2.32 bits per heavy atom. The summed E-state index contributed by atoms with van der Waals surface area (Å²) in [6.45, 7) is 4.50. The lowest BCUT2D eigenvalue weighted by molar-refractivity contribution is 0.0903. The summed E-state index contributed by atoms with van der Waals surface area (Å²) in [6, 6.07) is 1.95. The molecule has 1 aromatic rings. The minimum atomic E-state index is -0.131. The van der Waals surface area contributed by atoms with E-state index in [0.29, 0.717) is 11.0 Å². The van der Waals surface area contributed by atoms with Crippen molar-refractivity contribution in [2.75, 3.05) is 5.73 Å². The van der Waals surface area contributed by atoms with Gasteiger partial charge in [0.2, 0.25) is 0 Å². The molecular formula is C14H20BrN3O. The van der Waals surface area contributed by atoms with Crippen LogP contribution in [0.2, 0.25) is 0 Å². The van der Waals surface area contributed by atoms with Gasteiger partial charge < -0.3 is 11.1 Å². The highest BCUT2D eigenvalue weighted by Crippen LogP contribution is 2.35. The first-order valence-electron chi connectivity index (χ1n) is 6.59. The summed E-state index contributed by atoms with van der Waals surface area (Å²) < 4.78 is 0.760. The summed E-state index contributed by atoms with van der Waals surface area (Å²) >= 11 is 3.31. The number of hydrogen-bond donors (Lipinski definition) is 2. The summed E-state index contributed by atoms with van der Waals surface area (Å²) in [4.78, 5) is 16.2. The molecule has 1 unspecified atom stereocenters. The standard InChI is InChI=1S/C14H20BrN3O/c1-14(2)5-3-4-10(7-14)18-13(19)11-6-9(15)8-17-12(11)16/h6,8,10H,3-5,7H2,1-2H3,(H2,16,17)(H,18,19). The predicted octanol–water partition coefficient (Wildman–Crippen LogP) is 3.12. The van der Waals surface area contributed by atoms with E-state index in [0.717, 1.165) is 23.7 Å². The minimum absolute atomic E-state index is 0.131. The number of nitrogens with zero attached hydrogens (tertiary/aromatic N) is 1. The van der Waals surface area contributed by atoms with Crippen LogP contribution < -0.4 is 11.1 Å². The van der Waals surface area contributed by atoms with Crippen LogP contribution in [0.25, 0.3) is 0 Å². The van der Waals surface area contributed by atoms with E-state index < -0.39 is 0 Å². The van der Waals surface area contributed by atoms with Crippen molar-refractivity contribution in [2.45, 2.75) is 45.6 Å². The molecule has 5 heteroatoms. The van der Waals surface area contributed by atoms with Crippen molar-refractivity contribution in [2.24, 2.45) is 5.41 Å². The summed E-state index contributed by atoms with van der Waals surface area (Å²) in [5.74, 6) is 0.143. The predicted molar refractivity (Wildman–Crippen MR) is 79.9 cm³/mol. The van der Waals surface area contributed by atoms with Crippen LogP contribution >= 0.6 is 15.9 Å². The van der Waals surface area contributed by atoms with Crippen LogP contribution in [0.15, 0.2) is 16.7 Å². The fourth-order valence-corrected chi connectivity index (χ4v) is 3.05. The van der Waals surface area contributed by atoms with Crippen LogP contribution in [0.4, 0.5) is 5.82 Å². The molecule has 0 bridgehead atoms. The van der Waals surface area contributed by atoms with Crippen molar-refractivity contribution in [1.29, 1.82) is 0 Å². The fraction of sp³-hybridized carbons (Fsp3) is 0.571. The van der Waals surface area contributed by atoms with Crippen LogP contribution in [-0.2, 0) is 0 Å². The highest BCUT2D eigenvalue weighted by Gasteiger charge is 2.29. The molecule has 0 aliphatic heterocycles. The number of nitrogen functional groups attached to an aromatic ring is 1. The molecule has 19 heavy (non-hydrogen) atoms. The summed E-state index contributed by atoms with van der Waals surface area (Å²) in [5, 5.41) is 3.08. The second-order valence-corrected chi connectivity index (χ2v) is 6.93. The summed E-state index contributed by atoms with van der Waals surface area (Å²) in [5.41, 5.74) is 6.50. The molecule has 1 aliphatic rings. The highest BCUT2D eigenvalue weighted by atomic mass is 79.9. The van der Waals surface area contributed by atoms with Crippen LogP contribution in [0.5, 0.6) is 0 Å². The topological polar surface area (TPSA) is 68.0 Å². The summed E-state index contributed by atoms with van der Waals surface area (Å²) in [6.07, 6.45) is 6.02. The fourth-order valence-electron chi connectivity index (χ4n) is 2.72. The molecule has 1 fully saturated rings. The maximum Gasteiger partial charge on any atom is 0.255 e. The van der Waals surface area contributed by atoms with Crippen molar-refractivity contribution >= 4 is 27.7 Å². The van der Waals surface area contributed by atoms with Gasteiger partial charge in [-0.25, -0.2) is 4.98 Å². The Labute approximate surface area is 122 Å². The third-order valence-corrected chi connectivity index (χ3v) is 4.10. The number of hydrogen-bond acceptors (Lipinski definition) is 3. The Morgan fingerprint density at radius 1 is 1.58 bits per heavy atom. The quantitative estimate of drug-likeness (QED) is 0.877. The zero-order valence-corrected chi connectivity index (χ0v) is 13.0. The molecule has 1 atom stereocenters. The number of carbonyl (C=O) groups is 1. The lowest BCUT2D eigenvalue weighted by atomic mass is 9.75. The van der Waals surface area contributed by atoms with Crippen LogP contribution in [0.3, 0.4) is 0 Å². The van der Waals surface area contributed by atoms with Crippen LogP contribution in [0.1, 0.15) is 49.9 Å². The van der Waals surface area contributed by atoms with Crippen LogP contribution in [-0.4, -0.2) is 16.9 Å². The number of nitrogens with two attached hydrogens (primary N) is 1. The van der Waals surface area contributed by atoms with E-state index in [1.807, 2.05) is 0 Å². The second-order valence-electron chi connectivity index (χ2n) is 6.02. The first-order valence-corrected chi connectivity index (χ1v) is 7.38. The molecule has 4 nitrogen and oxygen atoms in total. The van der Waals surface area contributed by atoms with Gasteiger partial charge in [0.1, 0.15) is 5.82 Å². The van der Waals surface area contributed by atoms with E-state index in [1.165, 1.54) is 6.42 Å². The lowest BCUT2D eigenvalue weighted by Crippen LogP contribution is -2.40. The van der Waals surface area contributed by atoms with Crippen molar-refractivity contribution in [3.63, 3.8) is 0 Å². The minimum Gasteiger partial charge on any atom is -0.383 e. The van der Waals surface area contributed by atoms with Gasteiger partial charge in [-0.15, -0.1) is 0 Å². The van der Waals surface area contributed by atoms with Gasteiger partial charge in [0.05, 0.1) is 5.56 Å². The van der Waals surface area contributed by atoms with Gasteiger partial charge in [0.25, 0.3) is 5.91 Å². The largest absolute Gasteiger partial charge is 0.383 e. The van der Waals surface area contributed by atoms with Gasteiger partial charge in [-0.2, -0.15) is 0 Å². The number of carbonyl (C=O) groups excluding carboxylic acids is 1. The lowest BCUT2D eigenvalue weighted by Gasteiger charge is -2.35. The molecule has 1 saturated carbocycles. The molecular weight excluding hydrogens is 306 g/mol. The first-order chi connectivity index (χ1) is 8.87. The molecule has 2 rings (SSSR count). The number of rotatable bonds is 2. The number of nitrogens with one attached hydrogen (secondary N) is 1. The smallest absolute Gasteiger partial charge is 0.255 e. The first kappa shape index (κ1) is 14.3. The molecule has 0 aromatic carbocycles. The summed E-state index contributed by atoms with van der Waals surface area (Å²) in [7, 11) is 0. The van der Waals surface area contributed by atoms with Gasteiger partial charge in [0.15, 0.2) is 0 Å². The average Bonchev–Trinajstić information content (AvgIpc) is 2.31. The number of amides is 1. The van der Waals surface area contributed by atoms with Crippen LogP contribution in [0, 0.1) is 5.41 Å². The number of halogens is 1. The van der Waals surface area contributed by atoms with E-state index in [-0.39, 0.29) is 17.8 Å². The molecule has 0 radical (unpaired) electrons. The second kappa shape index (κ2) is 5.49. The van der Waals surface area contributed by atoms with E-state index in [4.69, 9.17) is 5.73 Å². The van der Waals surface area contributed by atoms with Crippen molar-refractivity contribution in [3.05, 3.63) is 22.3 Å². The Morgan fingerprint density at radius 3 is 3.00 bits per heavy atom. The SMILES string of the molecule is CC1(C)CCCC(NC(=O)c2cc(Br)cnc2N)C1. The average molecular weight is 326 g/mol. The monoisotopic (exact) mass is 325 g/mol. The molecule has 1 heterocycles. The zero-order valence-electron chi connectivity index (χ0n) is 11.4. The number of aromatic nitrogens is 1. The van der Waals surface area contributed by atoms with Crippen molar-refractivity contribution < 1.29 is 4.79 Å². The molecule has 104 valence electrons. The van der Waals surface area contributed by atoms with Gasteiger partial charge in [-0.1, -0.05) is 20.3 Å². The molecule has 0 saturated heterocycles. The third-order valence-electron chi connectivity index (χ3n) is 3.67. The van der Waals surface area contributed by atoms with E-state index in [9.17, 15) is 4.79 Å². The van der Waals surface area contributed by atoms with Gasteiger partial charge >= 0.3 is 0 Å². The van der Waals surface area contributed by atoms with Gasteiger partial charge in [-0.3, -0.25) is 4.79 Å². The molecule has 1 aliphatic carbocycles. The molecule has 1 aromatic heterocycles. The number of pyridine rings is 1. The Kier molecular flexibility index (Phi) is 4.13. The maximum absolute atomic E-state index is 12.2. The van der Waals surface area contributed by atoms with E-state index in [2.05, 4.69) is 40.1 Å². The maximum atomic E-state index is 12.2. The molecule has 0 spiro atoms. The number of anilines is 1. The van der Waals surface area contributed by atoms with E-state index >= 15 is 0 Å². The Balaban J connectivity index is 2.06. The Bertz CT molecular complexity index is 488. The normalized spacial score (nSPS) is 21.9. The molecule has 1 amide bonds. The van der Waals surface area contributed by atoms with Crippen molar-refractivity contribution in [3.8, 4) is 0 Å². The van der Waals surface area contributed by atoms with E-state index in [1.54, 1.807) is 12.3 Å². The van der Waals surface area contributed by atoms with Crippen molar-refractivity contribution in [1.82, 2.24) is 10.3 Å². The third kappa shape index (κ3) is 3.69. The van der Waals surface area contributed by atoms with Gasteiger partial charge in [-0.05, 0) is 46.7 Å².